The van der Waals surface area contributed by atoms with E-state index in [1.807, 2.05) is 0 Å². The van der Waals surface area contributed by atoms with Gasteiger partial charge in [-0.2, -0.15) is 0 Å². The first-order chi connectivity index (χ1) is 6.45. The van der Waals surface area contributed by atoms with Gasteiger partial charge in [0, 0.05) is 13.1 Å². The zero-order chi connectivity index (χ0) is 8.93. The lowest BCUT2D eigenvalue weighted by molar-refractivity contribution is 0.601. The lowest BCUT2D eigenvalue weighted by Crippen LogP contribution is -2.16. The molecule has 1 nitrogen and oxygen atoms in total. The smallest absolute Gasteiger partial charge is 0.0170 e. The Balaban J connectivity index is 2.10. The van der Waals surface area contributed by atoms with E-state index in [0.29, 0.717) is 0 Å². The summed E-state index contributed by atoms with van der Waals surface area (Å²) in [7, 11) is 0. The van der Waals surface area contributed by atoms with Crippen LogP contribution in [0.2, 0.25) is 0 Å². The normalized spacial score (nSPS) is 17.1. The Morgan fingerprint density at radius 2 is 1.69 bits per heavy atom. The van der Waals surface area contributed by atoms with E-state index >= 15 is 0 Å². The number of benzene rings is 1. The number of rotatable bonds is 1. The highest BCUT2D eigenvalue weighted by atomic mass is 14.9. The summed E-state index contributed by atoms with van der Waals surface area (Å²) >= 11 is 0. The molecule has 0 saturated carbocycles. The van der Waals surface area contributed by atoms with E-state index in [1.165, 1.54) is 5.56 Å². The largest absolute Gasteiger partial charge is 0.241 e. The molecule has 1 fully saturated rings. The first-order valence-electron chi connectivity index (χ1n) is 4.83. The SMILES string of the molecule is C(=C1CC[N]CC1)c1ccccc1. The van der Waals surface area contributed by atoms with Crippen LogP contribution in [-0.4, -0.2) is 13.1 Å². The molecule has 0 N–H and O–H groups in total. The molecule has 0 bridgehead atoms. The van der Waals surface area contributed by atoms with Gasteiger partial charge in [-0.05, 0) is 18.4 Å². The minimum Gasteiger partial charge on any atom is -0.241 e. The Kier molecular flexibility index (Phi) is 2.78. The van der Waals surface area contributed by atoms with Crippen LogP contribution in [0.25, 0.3) is 6.08 Å². The predicted molar refractivity (Wildman–Crippen MR) is 55.5 cm³/mol. The maximum absolute atomic E-state index is 4.33. The van der Waals surface area contributed by atoms with Gasteiger partial charge in [0.25, 0.3) is 0 Å². The van der Waals surface area contributed by atoms with Gasteiger partial charge in [-0.25, -0.2) is 5.32 Å². The lowest BCUT2D eigenvalue weighted by atomic mass is 10.0. The lowest BCUT2D eigenvalue weighted by Gasteiger charge is -2.13. The summed E-state index contributed by atoms with van der Waals surface area (Å²) < 4.78 is 0. The van der Waals surface area contributed by atoms with Gasteiger partial charge in [0.2, 0.25) is 0 Å². The van der Waals surface area contributed by atoms with E-state index in [-0.39, 0.29) is 0 Å². The first kappa shape index (κ1) is 8.52. The Labute approximate surface area is 79.5 Å². The fraction of sp³-hybridized carbons (Fsp3) is 0.333. The van der Waals surface area contributed by atoms with E-state index < -0.39 is 0 Å². The second-order valence-electron chi connectivity index (χ2n) is 3.38. The topological polar surface area (TPSA) is 14.1 Å². The van der Waals surface area contributed by atoms with Crippen molar-refractivity contribution < 1.29 is 0 Å². The molecule has 0 spiro atoms. The van der Waals surface area contributed by atoms with Crippen molar-refractivity contribution in [2.24, 2.45) is 0 Å². The molecule has 1 heteroatoms. The van der Waals surface area contributed by atoms with E-state index in [0.717, 1.165) is 25.9 Å². The van der Waals surface area contributed by atoms with Crippen molar-refractivity contribution in [1.29, 1.82) is 0 Å². The molecule has 1 aliphatic heterocycles. The van der Waals surface area contributed by atoms with Crippen LogP contribution in [0.15, 0.2) is 35.9 Å². The second-order valence-corrected chi connectivity index (χ2v) is 3.38. The zero-order valence-corrected chi connectivity index (χ0v) is 7.74. The van der Waals surface area contributed by atoms with Crippen molar-refractivity contribution in [1.82, 2.24) is 5.32 Å². The summed E-state index contributed by atoms with van der Waals surface area (Å²) in [6, 6.07) is 10.5. The molecule has 1 saturated heterocycles. The van der Waals surface area contributed by atoms with Crippen molar-refractivity contribution in [3.05, 3.63) is 41.5 Å². The van der Waals surface area contributed by atoms with E-state index in [4.69, 9.17) is 0 Å². The summed E-state index contributed by atoms with van der Waals surface area (Å²) in [6.45, 7) is 2.03. The number of hydrogen-bond acceptors (Lipinski definition) is 0. The van der Waals surface area contributed by atoms with Gasteiger partial charge in [0.05, 0.1) is 0 Å². The van der Waals surface area contributed by atoms with E-state index in [9.17, 15) is 0 Å². The van der Waals surface area contributed by atoms with Crippen molar-refractivity contribution in [2.45, 2.75) is 12.8 Å². The molecule has 0 atom stereocenters. The van der Waals surface area contributed by atoms with Gasteiger partial charge >= 0.3 is 0 Å². The molecule has 0 aliphatic carbocycles. The van der Waals surface area contributed by atoms with Gasteiger partial charge in [-0.1, -0.05) is 42.0 Å². The zero-order valence-electron chi connectivity index (χ0n) is 7.74. The summed E-state index contributed by atoms with van der Waals surface area (Å²) in [6.07, 6.45) is 4.60. The van der Waals surface area contributed by atoms with Crippen molar-refractivity contribution >= 4 is 6.08 Å². The molecule has 1 heterocycles. The number of nitrogens with zero attached hydrogens (tertiary/aromatic N) is 1. The fourth-order valence-corrected chi connectivity index (χ4v) is 1.61. The molecule has 13 heavy (non-hydrogen) atoms. The van der Waals surface area contributed by atoms with Crippen molar-refractivity contribution in [3.8, 4) is 0 Å². The highest BCUT2D eigenvalue weighted by Gasteiger charge is 2.04. The first-order valence-corrected chi connectivity index (χ1v) is 4.83. The van der Waals surface area contributed by atoms with Crippen LogP contribution in [0.3, 0.4) is 0 Å². The standard InChI is InChI=1S/C12H14N/c1-2-4-11(5-3-1)10-12-6-8-13-9-7-12/h1-5,10H,6-9H2. The highest BCUT2D eigenvalue weighted by molar-refractivity contribution is 5.52. The van der Waals surface area contributed by atoms with Crippen molar-refractivity contribution in [3.63, 3.8) is 0 Å². The molecule has 1 aromatic carbocycles. The average Bonchev–Trinajstić information content (AvgIpc) is 2.21. The minimum atomic E-state index is 1.01. The molecular formula is C12H14N. The molecule has 1 aromatic rings. The monoisotopic (exact) mass is 172 g/mol. The third-order valence-electron chi connectivity index (χ3n) is 2.35. The minimum absolute atomic E-state index is 1.01. The van der Waals surface area contributed by atoms with Crippen molar-refractivity contribution in [2.75, 3.05) is 13.1 Å². The number of hydrogen-bond donors (Lipinski definition) is 0. The molecular weight excluding hydrogens is 158 g/mol. The van der Waals surface area contributed by atoms with Gasteiger partial charge in [0.15, 0.2) is 0 Å². The maximum Gasteiger partial charge on any atom is 0.0170 e. The Morgan fingerprint density at radius 1 is 1.00 bits per heavy atom. The van der Waals surface area contributed by atoms with Gasteiger partial charge in [0.1, 0.15) is 0 Å². The molecule has 0 unspecified atom stereocenters. The molecule has 1 aliphatic rings. The average molecular weight is 172 g/mol. The van der Waals surface area contributed by atoms with E-state index in [1.54, 1.807) is 5.57 Å². The van der Waals surface area contributed by atoms with Crippen LogP contribution in [0.5, 0.6) is 0 Å². The predicted octanol–water partition coefficient (Wildman–Crippen LogP) is 2.47. The Bertz CT molecular complexity index is 279. The molecule has 67 valence electrons. The van der Waals surface area contributed by atoms with Crippen LogP contribution >= 0.6 is 0 Å². The quantitative estimate of drug-likeness (QED) is 0.618. The van der Waals surface area contributed by atoms with Crippen LogP contribution < -0.4 is 5.32 Å². The third-order valence-corrected chi connectivity index (χ3v) is 2.35. The highest BCUT2D eigenvalue weighted by Crippen LogP contribution is 2.15. The third kappa shape index (κ3) is 2.43. The Hall–Kier alpha value is -1.08. The fourth-order valence-electron chi connectivity index (χ4n) is 1.61. The van der Waals surface area contributed by atoms with Crippen LogP contribution in [-0.2, 0) is 0 Å². The summed E-state index contributed by atoms with van der Waals surface area (Å²) in [5, 5.41) is 4.33. The van der Waals surface area contributed by atoms with Crippen LogP contribution in [0, 0.1) is 0 Å². The molecule has 1 radical (unpaired) electrons. The second kappa shape index (κ2) is 4.24. The van der Waals surface area contributed by atoms with E-state index in [2.05, 4.69) is 41.7 Å². The molecule has 0 amide bonds. The maximum atomic E-state index is 4.33. The summed E-state index contributed by atoms with van der Waals surface area (Å²) in [4.78, 5) is 0. The van der Waals surface area contributed by atoms with Gasteiger partial charge in [-0.15, -0.1) is 0 Å². The molecule has 0 aromatic heterocycles. The Morgan fingerprint density at radius 3 is 2.38 bits per heavy atom. The molecule has 2 rings (SSSR count). The number of piperidine rings is 1. The van der Waals surface area contributed by atoms with Gasteiger partial charge < -0.3 is 0 Å². The van der Waals surface area contributed by atoms with Crippen LogP contribution in [0.1, 0.15) is 18.4 Å². The summed E-state index contributed by atoms with van der Waals surface area (Å²) in [5.74, 6) is 0. The summed E-state index contributed by atoms with van der Waals surface area (Å²) in [5.41, 5.74) is 2.86. The van der Waals surface area contributed by atoms with Gasteiger partial charge in [-0.3, -0.25) is 0 Å². The van der Waals surface area contributed by atoms with Crippen LogP contribution in [0.4, 0.5) is 0 Å².